The van der Waals surface area contributed by atoms with E-state index < -0.39 is 0 Å². The smallest absolute Gasteiger partial charge is 0.194 e. The van der Waals surface area contributed by atoms with Gasteiger partial charge in [0, 0.05) is 5.56 Å². The van der Waals surface area contributed by atoms with E-state index in [2.05, 4.69) is 126 Å². The van der Waals surface area contributed by atoms with Crippen LogP contribution in [0.1, 0.15) is 5.56 Å². The van der Waals surface area contributed by atoms with E-state index >= 15 is 0 Å². The zero-order valence-corrected chi connectivity index (χ0v) is 26.9. The molecule has 2 nitrogen and oxygen atoms in total. The SMILES string of the molecule is [C-]#[N+]c1ccccc1-c1cc2c3ccccc3c(-c3ccccc3C#N)cc2c2cc3c(cc12)-c1ccc(-c2ccccc2)c2cccc-3c12. The molecule has 0 aliphatic heterocycles. The minimum absolute atomic E-state index is 0.635. The van der Waals surface area contributed by atoms with Crippen molar-refractivity contribution in [3.8, 4) is 61.7 Å². The van der Waals surface area contributed by atoms with E-state index in [0.29, 0.717) is 11.3 Å². The minimum atomic E-state index is 0.635. The second-order valence-corrected chi connectivity index (χ2v) is 13.0. The zero-order valence-electron chi connectivity index (χ0n) is 26.9. The van der Waals surface area contributed by atoms with Crippen LogP contribution in [0.2, 0.25) is 0 Å². The van der Waals surface area contributed by atoms with Crippen molar-refractivity contribution in [2.45, 2.75) is 0 Å². The molecule has 1 aliphatic carbocycles. The molecule has 228 valence electrons. The minimum Gasteiger partial charge on any atom is -0.238 e. The van der Waals surface area contributed by atoms with Gasteiger partial charge in [-0.1, -0.05) is 127 Å². The van der Waals surface area contributed by atoms with Crippen LogP contribution in [0.4, 0.5) is 5.69 Å². The van der Waals surface area contributed by atoms with Gasteiger partial charge in [-0.15, -0.1) is 0 Å². The van der Waals surface area contributed by atoms with Gasteiger partial charge in [0.15, 0.2) is 5.69 Å². The number of para-hydroxylation sites is 1. The maximum absolute atomic E-state index is 10.1. The molecule has 0 amide bonds. The van der Waals surface area contributed by atoms with Gasteiger partial charge in [0.25, 0.3) is 0 Å². The van der Waals surface area contributed by atoms with E-state index in [-0.39, 0.29) is 0 Å². The molecule has 0 saturated carbocycles. The summed E-state index contributed by atoms with van der Waals surface area (Å²) in [6, 6.07) is 57.9. The topological polar surface area (TPSA) is 28.1 Å². The monoisotopic (exact) mass is 630 g/mol. The van der Waals surface area contributed by atoms with Crippen LogP contribution in [0.15, 0.2) is 158 Å². The molecule has 0 saturated heterocycles. The van der Waals surface area contributed by atoms with E-state index in [1.54, 1.807) is 0 Å². The first-order chi connectivity index (χ1) is 24.7. The summed E-state index contributed by atoms with van der Waals surface area (Å²) in [5.74, 6) is 0. The van der Waals surface area contributed by atoms with Gasteiger partial charge in [0.05, 0.1) is 18.2 Å². The fraction of sp³-hybridized carbons (Fsp3) is 0. The van der Waals surface area contributed by atoms with Crippen LogP contribution in [-0.2, 0) is 0 Å². The number of benzene rings is 9. The Hall–Kier alpha value is -7.00. The number of hydrogen-bond acceptors (Lipinski definition) is 1. The molecule has 0 fully saturated rings. The highest BCUT2D eigenvalue weighted by Crippen LogP contribution is 2.53. The van der Waals surface area contributed by atoms with Crippen molar-refractivity contribution in [3.05, 3.63) is 175 Å². The predicted octanol–water partition coefficient (Wildman–Crippen LogP) is 13.4. The second kappa shape index (κ2) is 10.8. The van der Waals surface area contributed by atoms with Crippen molar-refractivity contribution in [1.29, 1.82) is 5.26 Å². The van der Waals surface area contributed by atoms with Gasteiger partial charge in [-0.2, -0.15) is 5.26 Å². The van der Waals surface area contributed by atoms with E-state index in [1.165, 1.54) is 44.2 Å². The van der Waals surface area contributed by atoms with E-state index in [1.807, 2.05) is 42.5 Å². The summed E-state index contributed by atoms with van der Waals surface area (Å²) in [6.45, 7) is 8.07. The van der Waals surface area contributed by atoms with Crippen LogP contribution in [0, 0.1) is 17.9 Å². The maximum Gasteiger partial charge on any atom is 0.194 e. The van der Waals surface area contributed by atoms with Crippen LogP contribution in [0.5, 0.6) is 0 Å². The Morgan fingerprint density at radius 3 is 1.72 bits per heavy atom. The lowest BCUT2D eigenvalue weighted by atomic mass is 9.85. The van der Waals surface area contributed by atoms with Crippen LogP contribution in [0.25, 0.3) is 104 Å². The molecule has 0 unspecified atom stereocenters. The molecule has 0 N–H and O–H groups in total. The van der Waals surface area contributed by atoms with Crippen LogP contribution >= 0.6 is 0 Å². The molecule has 50 heavy (non-hydrogen) atoms. The Morgan fingerprint density at radius 1 is 0.380 bits per heavy atom. The first kappa shape index (κ1) is 28.1. The molecular formula is C48H26N2. The Kier molecular flexibility index (Phi) is 6.04. The van der Waals surface area contributed by atoms with Gasteiger partial charge in [-0.3, -0.25) is 0 Å². The standard InChI is InChI=1S/C48H26N2/c1-50-47-21-10-9-18-35(47)41-25-40-34-17-8-7-16-33(34)39(31-15-6-5-14-30(31)28-49)24-44(40)46-26-42-37-20-11-19-36-32(29-12-3-2-4-13-29)22-23-38(48(36)37)43(42)27-45(41)46/h2-27H. The predicted molar refractivity (Wildman–Crippen MR) is 208 cm³/mol. The van der Waals surface area contributed by atoms with Crippen LogP contribution < -0.4 is 0 Å². The molecule has 0 heterocycles. The number of fused-ring (bicyclic) bond motifs is 8. The second-order valence-electron chi connectivity index (χ2n) is 13.0. The fourth-order valence-corrected chi connectivity index (χ4v) is 8.27. The first-order valence-electron chi connectivity index (χ1n) is 16.8. The molecular weight excluding hydrogens is 605 g/mol. The number of nitrogens with zero attached hydrogens (tertiary/aromatic N) is 2. The molecule has 9 aromatic rings. The summed E-state index contributed by atoms with van der Waals surface area (Å²) in [6.07, 6.45) is 0. The molecule has 0 atom stereocenters. The first-order valence-corrected chi connectivity index (χ1v) is 16.8. The van der Waals surface area contributed by atoms with Gasteiger partial charge >= 0.3 is 0 Å². The molecule has 10 rings (SSSR count). The summed E-state index contributed by atoms with van der Waals surface area (Å²) < 4.78 is 0. The number of hydrogen-bond donors (Lipinski definition) is 0. The molecule has 9 aromatic carbocycles. The lowest BCUT2D eigenvalue weighted by Crippen LogP contribution is -1.91. The maximum atomic E-state index is 10.1. The van der Waals surface area contributed by atoms with Crippen molar-refractivity contribution in [1.82, 2.24) is 0 Å². The highest BCUT2D eigenvalue weighted by atomic mass is 14.6. The Bertz CT molecular complexity index is 2990. The number of rotatable bonds is 3. The van der Waals surface area contributed by atoms with Gasteiger partial charge in [0.2, 0.25) is 0 Å². The largest absolute Gasteiger partial charge is 0.238 e. The van der Waals surface area contributed by atoms with Crippen molar-refractivity contribution >= 4 is 48.8 Å². The van der Waals surface area contributed by atoms with Crippen LogP contribution in [0.3, 0.4) is 0 Å². The van der Waals surface area contributed by atoms with Gasteiger partial charge < -0.3 is 0 Å². The van der Waals surface area contributed by atoms with Crippen molar-refractivity contribution in [2.75, 3.05) is 0 Å². The van der Waals surface area contributed by atoms with E-state index in [0.717, 1.165) is 54.6 Å². The van der Waals surface area contributed by atoms with Crippen molar-refractivity contribution in [3.63, 3.8) is 0 Å². The summed E-state index contributed by atoms with van der Waals surface area (Å²) in [5.41, 5.74) is 12.6. The normalized spacial score (nSPS) is 11.6. The Labute approximate surface area is 289 Å². The average Bonchev–Trinajstić information content (AvgIpc) is 3.50. The molecule has 0 spiro atoms. The van der Waals surface area contributed by atoms with Gasteiger partial charge in [0.1, 0.15) is 0 Å². The quantitative estimate of drug-likeness (QED) is 0.141. The molecule has 2 heteroatoms. The third-order valence-corrected chi connectivity index (χ3v) is 10.5. The number of nitriles is 1. The lowest BCUT2D eigenvalue weighted by molar-refractivity contribution is 1.48. The molecule has 1 aliphatic rings. The average molecular weight is 631 g/mol. The third kappa shape index (κ3) is 3.94. The summed E-state index contributed by atoms with van der Waals surface area (Å²) in [5, 5.41) is 19.4. The van der Waals surface area contributed by atoms with Gasteiger partial charge in [-0.25, -0.2) is 4.85 Å². The van der Waals surface area contributed by atoms with E-state index in [9.17, 15) is 5.26 Å². The molecule has 0 bridgehead atoms. The fourth-order valence-electron chi connectivity index (χ4n) is 8.27. The van der Waals surface area contributed by atoms with Crippen molar-refractivity contribution < 1.29 is 0 Å². The summed E-state index contributed by atoms with van der Waals surface area (Å²) in [4.78, 5) is 3.96. The summed E-state index contributed by atoms with van der Waals surface area (Å²) >= 11 is 0. The summed E-state index contributed by atoms with van der Waals surface area (Å²) in [7, 11) is 0. The molecule has 0 aromatic heterocycles. The highest BCUT2D eigenvalue weighted by molar-refractivity contribution is 6.28. The third-order valence-electron chi connectivity index (χ3n) is 10.5. The Morgan fingerprint density at radius 2 is 0.920 bits per heavy atom. The van der Waals surface area contributed by atoms with Gasteiger partial charge in [-0.05, 0) is 123 Å². The zero-order chi connectivity index (χ0) is 33.3. The Balaban J connectivity index is 1.37. The highest BCUT2D eigenvalue weighted by Gasteiger charge is 2.26. The van der Waals surface area contributed by atoms with Crippen LogP contribution in [-0.4, -0.2) is 0 Å². The van der Waals surface area contributed by atoms with Crippen molar-refractivity contribution in [2.24, 2.45) is 0 Å². The molecule has 0 radical (unpaired) electrons. The van der Waals surface area contributed by atoms with E-state index in [4.69, 9.17) is 6.57 Å². The lowest BCUT2D eigenvalue weighted by Gasteiger charge is -2.18.